The zero-order valence-electron chi connectivity index (χ0n) is 57.0. The van der Waals surface area contributed by atoms with Crippen LogP contribution in [0.4, 0.5) is 4.39 Å². The summed E-state index contributed by atoms with van der Waals surface area (Å²) in [4.78, 5) is 129. The van der Waals surface area contributed by atoms with Gasteiger partial charge in [0.1, 0.15) is 31.8 Å². The summed E-state index contributed by atoms with van der Waals surface area (Å²) in [6, 6.07) is 9.79. The highest BCUT2D eigenvalue weighted by Crippen LogP contribution is 2.46. The van der Waals surface area contributed by atoms with E-state index in [0.717, 1.165) is 18.6 Å². The Hall–Kier alpha value is -8.88. The van der Waals surface area contributed by atoms with Gasteiger partial charge in [0.25, 0.3) is 11.5 Å². The van der Waals surface area contributed by atoms with Gasteiger partial charge in [0.2, 0.25) is 50.4 Å². The SMILES string of the molecule is CC[C@@]1(O)C(=O)OCc2c1cc1n(c2=O)Cc2c-1nc1cc(F)c(C)c3c1c2[C@@H](NC(=O)COCNC(=O)CNC(=O)[C@H](Cc1ccccc1)NC(=O)CNC(=O)CNC(=O)CCOCCOCCOCCOCCOCCOCCOCCOCCNC(=O)c1cnc(S(C)(=O)=O)nc1)CC3. The molecular weight excluding hydrogens is 1360 g/mol. The Morgan fingerprint density at radius 1 is 0.696 bits per heavy atom. The Balaban J connectivity index is 0.615. The summed E-state index contributed by atoms with van der Waals surface area (Å²) in [7, 11) is -3.56. The van der Waals surface area contributed by atoms with Crippen LogP contribution < -0.4 is 42.8 Å². The van der Waals surface area contributed by atoms with E-state index in [2.05, 4.69) is 47.2 Å². The zero-order valence-corrected chi connectivity index (χ0v) is 57.8. The van der Waals surface area contributed by atoms with Gasteiger partial charge in [-0.05, 0) is 54.5 Å². The fourth-order valence-corrected chi connectivity index (χ4v) is 11.6. The zero-order chi connectivity index (χ0) is 73.0. The predicted molar refractivity (Wildman–Crippen MR) is 357 cm³/mol. The second-order valence-corrected chi connectivity index (χ2v) is 25.5. The van der Waals surface area contributed by atoms with Crippen LogP contribution in [0.25, 0.3) is 22.3 Å². The molecule has 33 nitrogen and oxygen atoms in total. The van der Waals surface area contributed by atoms with Crippen LogP contribution in [0, 0.1) is 12.7 Å². The van der Waals surface area contributed by atoms with E-state index < -0.39 is 119 Å². The Bertz CT molecular complexity index is 3930. The first-order chi connectivity index (χ1) is 49.2. The van der Waals surface area contributed by atoms with Crippen LogP contribution in [0.3, 0.4) is 0 Å². The Labute approximate surface area is 586 Å². The first-order valence-electron chi connectivity index (χ1n) is 33.2. The number of benzene rings is 2. The monoisotopic (exact) mass is 1450 g/mol. The second-order valence-electron chi connectivity index (χ2n) is 23.6. The van der Waals surface area contributed by atoms with Crippen LogP contribution in [0.5, 0.6) is 0 Å². The van der Waals surface area contributed by atoms with Crippen molar-refractivity contribution in [3.8, 4) is 11.4 Å². The van der Waals surface area contributed by atoms with Gasteiger partial charge in [-0.1, -0.05) is 37.3 Å². The normalized spacial score (nSPS) is 15.3. The lowest BCUT2D eigenvalue weighted by Crippen LogP contribution is -2.52. The van der Waals surface area contributed by atoms with Gasteiger partial charge in [0, 0.05) is 60.6 Å². The van der Waals surface area contributed by atoms with Gasteiger partial charge in [-0.3, -0.25) is 38.4 Å². The third-order valence-electron chi connectivity index (χ3n) is 16.4. The van der Waals surface area contributed by atoms with Crippen LogP contribution in [0.1, 0.15) is 81.5 Å². The van der Waals surface area contributed by atoms with Crippen LogP contribution in [-0.4, -0.2) is 238 Å². The minimum absolute atomic E-state index is 0.0252. The standard InChI is InChI=1S/C67H86FN11O22S/c1-4-67(89)48-31-53-61-46(38-79(53)64(87)47(48)39-101-65(67)88)60-50(11-10-45-42(2)49(68)32-51(78-61)59(45)60)76-58(84)40-100-41-75-56(82)36-72-63(86)52(30-43-8-6-5-7-9-43)77-57(83)37-71-55(81)35-70-54(80)12-14-92-16-18-94-20-22-96-24-26-98-28-29-99-27-25-97-23-21-95-19-17-93-15-13-69-62(85)44-33-73-66(74-34-44)102(3,90)91/h5-9,31-34,50,52,89H,4,10-30,35-41H2,1-3H3,(H,69,85)(H,70,80)(H,71,81)(H,72,86)(H,75,82)(H,76,84)(H,77,83)/t50-,52-,67-/m0/s1. The number of pyridine rings is 2. The average Bonchev–Trinajstić information content (AvgIpc) is 1.50. The van der Waals surface area contributed by atoms with Gasteiger partial charge in [-0.2, -0.15) is 0 Å². The number of sulfone groups is 1. The van der Waals surface area contributed by atoms with Gasteiger partial charge in [0.15, 0.2) is 5.60 Å². The summed E-state index contributed by atoms with van der Waals surface area (Å²) in [6.45, 7) is 5.86. The third-order valence-corrected chi connectivity index (χ3v) is 17.3. The van der Waals surface area contributed by atoms with Crippen molar-refractivity contribution in [2.24, 2.45) is 0 Å². The number of halogens is 1. The first kappa shape index (κ1) is 78.8. The maximum atomic E-state index is 15.4. The smallest absolute Gasteiger partial charge is 0.343 e. The molecule has 554 valence electrons. The van der Waals surface area contributed by atoms with E-state index in [1.807, 2.05) is 0 Å². The van der Waals surface area contributed by atoms with Crippen molar-refractivity contribution in [3.05, 3.63) is 116 Å². The Kier molecular flexibility index (Phi) is 30.5. The number of hydrogen-bond donors (Lipinski definition) is 8. The number of rotatable bonds is 45. The minimum atomic E-state index is -3.56. The number of amides is 7. The molecule has 8 rings (SSSR count). The van der Waals surface area contributed by atoms with Gasteiger partial charge in [0.05, 0.1) is 166 Å². The van der Waals surface area contributed by atoms with Crippen LogP contribution in [-0.2, 0) is 122 Å². The van der Waals surface area contributed by atoms with Gasteiger partial charge >= 0.3 is 5.97 Å². The van der Waals surface area contributed by atoms with Crippen molar-refractivity contribution in [3.63, 3.8) is 0 Å². The van der Waals surface area contributed by atoms with Crippen LogP contribution >= 0.6 is 0 Å². The molecule has 7 amide bonds. The number of carbonyl (C=O) groups is 8. The topological polar surface area (TPSA) is 428 Å². The molecule has 0 radical (unpaired) electrons. The molecule has 5 aromatic rings. The highest BCUT2D eigenvalue weighted by atomic mass is 32.2. The molecule has 3 aromatic heterocycles. The van der Waals surface area contributed by atoms with E-state index >= 15 is 4.39 Å². The highest BCUT2D eigenvalue weighted by molar-refractivity contribution is 7.90. The molecule has 0 unspecified atom stereocenters. The summed E-state index contributed by atoms with van der Waals surface area (Å²) in [5, 5.41) is 29.7. The lowest BCUT2D eigenvalue weighted by atomic mass is 9.81. The molecule has 0 bridgehead atoms. The van der Waals surface area contributed by atoms with E-state index in [4.69, 9.17) is 52.4 Å². The molecule has 2 aromatic carbocycles. The maximum Gasteiger partial charge on any atom is 0.343 e. The van der Waals surface area contributed by atoms with Crippen molar-refractivity contribution in [1.29, 1.82) is 0 Å². The highest BCUT2D eigenvalue weighted by Gasteiger charge is 2.46. The molecule has 3 atom stereocenters. The van der Waals surface area contributed by atoms with E-state index in [9.17, 15) is 56.7 Å². The number of hydrogen-bond acceptors (Lipinski definition) is 25. The molecule has 5 heterocycles. The molecule has 102 heavy (non-hydrogen) atoms. The molecule has 1 aliphatic carbocycles. The summed E-state index contributed by atoms with van der Waals surface area (Å²) >= 11 is 0. The quantitative estimate of drug-likeness (QED) is 0.00978. The van der Waals surface area contributed by atoms with Crippen molar-refractivity contribution in [2.75, 3.05) is 151 Å². The second kappa shape index (κ2) is 39.5. The van der Waals surface area contributed by atoms with Crippen molar-refractivity contribution < 1.29 is 104 Å². The molecule has 0 saturated carbocycles. The molecule has 8 N–H and O–H groups in total. The van der Waals surface area contributed by atoms with E-state index in [1.54, 1.807) is 50.2 Å². The van der Waals surface area contributed by atoms with E-state index in [1.165, 1.54) is 10.6 Å². The molecule has 3 aliphatic rings. The lowest BCUT2D eigenvalue weighted by Gasteiger charge is -2.31. The Morgan fingerprint density at radius 2 is 1.26 bits per heavy atom. The number of nitrogens with one attached hydrogen (secondary N) is 7. The van der Waals surface area contributed by atoms with Crippen LogP contribution in [0.15, 0.2) is 64.8 Å². The Morgan fingerprint density at radius 3 is 1.87 bits per heavy atom. The fourth-order valence-electron chi connectivity index (χ4n) is 11.1. The van der Waals surface area contributed by atoms with E-state index in [0.29, 0.717) is 142 Å². The number of fused-ring (bicyclic) bond motifs is 5. The van der Waals surface area contributed by atoms with Gasteiger partial charge in [-0.15, -0.1) is 0 Å². The number of cyclic esters (lactones) is 1. The summed E-state index contributed by atoms with van der Waals surface area (Å²) < 4.78 is 94.2. The molecule has 0 spiro atoms. The maximum absolute atomic E-state index is 15.4. The lowest BCUT2D eigenvalue weighted by molar-refractivity contribution is -0.172. The van der Waals surface area contributed by atoms with E-state index in [-0.39, 0.29) is 87.2 Å². The number of carbonyl (C=O) groups excluding carboxylic acids is 8. The summed E-state index contributed by atoms with van der Waals surface area (Å²) in [5.74, 6) is -5.63. The van der Waals surface area contributed by atoms with Gasteiger partial charge < -0.3 is 94.3 Å². The first-order valence-corrected chi connectivity index (χ1v) is 35.1. The predicted octanol–water partition coefficient (Wildman–Crippen LogP) is -1.06. The number of aryl methyl sites for hydroxylation is 1. The molecule has 2 aliphatic heterocycles. The summed E-state index contributed by atoms with van der Waals surface area (Å²) in [6.07, 6.45) is 3.94. The van der Waals surface area contributed by atoms with Crippen molar-refractivity contribution in [1.82, 2.24) is 56.7 Å². The molecule has 0 fully saturated rings. The number of ether oxygens (including phenoxy) is 10. The number of esters is 1. The number of aromatic nitrogens is 4. The number of nitrogens with zero attached hydrogens (tertiary/aromatic N) is 4. The molecule has 35 heteroatoms. The van der Waals surface area contributed by atoms with Gasteiger partial charge in [-0.25, -0.2) is 32.6 Å². The molecular formula is C67H86FN11O22S. The summed E-state index contributed by atoms with van der Waals surface area (Å²) in [5.41, 5.74) is 1.90. The molecule has 0 saturated heterocycles. The van der Waals surface area contributed by atoms with Crippen molar-refractivity contribution in [2.45, 2.75) is 81.9 Å². The third kappa shape index (κ3) is 22.8. The van der Waals surface area contributed by atoms with Crippen molar-refractivity contribution >= 4 is 68.1 Å². The largest absolute Gasteiger partial charge is 0.458 e. The average molecular weight is 1450 g/mol. The minimum Gasteiger partial charge on any atom is -0.458 e. The fraction of sp³-hybridized carbons (Fsp3) is 0.522. The number of aliphatic hydroxyl groups is 1. The van der Waals surface area contributed by atoms with Crippen LogP contribution in [0.2, 0.25) is 0 Å².